The van der Waals surface area contributed by atoms with Crippen molar-refractivity contribution in [2.75, 3.05) is 7.05 Å². The van der Waals surface area contributed by atoms with Crippen molar-refractivity contribution in [3.05, 3.63) is 35.2 Å². The number of hydrogen-bond donors (Lipinski definition) is 1. The minimum absolute atomic E-state index is 0.0892. The first kappa shape index (κ1) is 15.6. The number of hydrogen-bond acceptors (Lipinski definition) is 4. The van der Waals surface area contributed by atoms with Crippen LogP contribution in [0.5, 0.6) is 0 Å². The number of nitrogens with one attached hydrogen (secondary N) is 1. The lowest BCUT2D eigenvalue weighted by atomic mass is 9.84. The number of thiazole rings is 1. The Bertz CT molecular complexity index is 730. The monoisotopic (exact) mass is 336 g/mol. The van der Waals surface area contributed by atoms with Gasteiger partial charge in [-0.25, -0.2) is 18.1 Å². The second-order valence-electron chi connectivity index (χ2n) is 5.66. The maximum absolute atomic E-state index is 11.7. The average molecular weight is 336 g/mol. The highest BCUT2D eigenvalue weighted by atomic mass is 32.2. The molecule has 1 heterocycles. The Kier molecular flexibility index (Phi) is 4.61. The number of sulfonamides is 1. The van der Waals surface area contributed by atoms with Gasteiger partial charge in [-0.3, -0.25) is 0 Å². The number of rotatable bonds is 4. The van der Waals surface area contributed by atoms with Crippen LogP contribution in [0.4, 0.5) is 0 Å². The lowest BCUT2D eigenvalue weighted by Gasteiger charge is -2.21. The molecule has 1 fully saturated rings. The van der Waals surface area contributed by atoms with E-state index in [2.05, 4.69) is 34.0 Å². The van der Waals surface area contributed by atoms with Crippen molar-refractivity contribution in [2.24, 2.45) is 0 Å². The van der Waals surface area contributed by atoms with Gasteiger partial charge in [0.1, 0.15) is 5.01 Å². The summed E-state index contributed by atoms with van der Waals surface area (Å²) in [6.07, 6.45) is 6.56. The summed E-state index contributed by atoms with van der Waals surface area (Å²) in [5.41, 5.74) is 2.37. The van der Waals surface area contributed by atoms with Crippen LogP contribution in [-0.2, 0) is 10.0 Å². The second-order valence-corrected chi connectivity index (χ2v) is 8.35. The van der Waals surface area contributed by atoms with Gasteiger partial charge < -0.3 is 0 Å². The summed E-state index contributed by atoms with van der Waals surface area (Å²) >= 11 is 1.36. The highest BCUT2D eigenvalue weighted by Gasteiger charge is 2.18. The van der Waals surface area contributed by atoms with E-state index in [0.29, 0.717) is 5.92 Å². The molecule has 0 radical (unpaired) electrons. The van der Waals surface area contributed by atoms with Crippen molar-refractivity contribution in [1.29, 1.82) is 0 Å². The van der Waals surface area contributed by atoms with Crippen LogP contribution in [0.2, 0.25) is 0 Å². The average Bonchev–Trinajstić information content (AvgIpc) is 3.07. The van der Waals surface area contributed by atoms with Gasteiger partial charge in [0.25, 0.3) is 10.0 Å². The minimum atomic E-state index is -3.46. The molecule has 0 saturated heterocycles. The smallest absolute Gasteiger partial charge is 0.223 e. The summed E-state index contributed by atoms with van der Waals surface area (Å²) in [6, 6.07) is 8.44. The molecule has 1 saturated carbocycles. The molecule has 3 rings (SSSR count). The Labute approximate surface area is 135 Å². The van der Waals surface area contributed by atoms with E-state index in [-0.39, 0.29) is 5.03 Å². The molecule has 4 nitrogen and oxygen atoms in total. The van der Waals surface area contributed by atoms with E-state index in [1.807, 2.05) is 0 Å². The standard InChI is InChI=1S/C16H20N2O2S2/c1-17-22(19,20)15-11-21-16(18-15)14-9-7-13(8-10-14)12-5-3-2-4-6-12/h7-12,17H,2-6H2,1H3. The van der Waals surface area contributed by atoms with Crippen molar-refractivity contribution in [3.63, 3.8) is 0 Å². The third-order valence-electron chi connectivity index (χ3n) is 4.26. The van der Waals surface area contributed by atoms with Crippen LogP contribution >= 0.6 is 11.3 Å². The van der Waals surface area contributed by atoms with Gasteiger partial charge in [0, 0.05) is 10.9 Å². The molecule has 0 bridgehead atoms. The van der Waals surface area contributed by atoms with Crippen molar-refractivity contribution in [2.45, 2.75) is 43.0 Å². The summed E-state index contributed by atoms with van der Waals surface area (Å²) in [5, 5.41) is 2.41. The summed E-state index contributed by atoms with van der Waals surface area (Å²) in [5.74, 6) is 0.680. The molecule has 1 aliphatic carbocycles. The quantitative estimate of drug-likeness (QED) is 0.924. The van der Waals surface area contributed by atoms with Crippen molar-refractivity contribution in [3.8, 4) is 10.6 Å². The summed E-state index contributed by atoms with van der Waals surface area (Å²) in [4.78, 5) is 4.23. The van der Waals surface area contributed by atoms with Crippen LogP contribution in [0.25, 0.3) is 10.6 Å². The third kappa shape index (κ3) is 3.24. The number of aromatic nitrogens is 1. The summed E-state index contributed by atoms with van der Waals surface area (Å²) in [6.45, 7) is 0. The minimum Gasteiger partial charge on any atom is -0.223 e. The number of benzene rings is 1. The molecule has 2 aromatic rings. The molecule has 118 valence electrons. The van der Waals surface area contributed by atoms with Gasteiger partial charge >= 0.3 is 0 Å². The second kappa shape index (κ2) is 6.48. The number of nitrogens with zero attached hydrogens (tertiary/aromatic N) is 1. The van der Waals surface area contributed by atoms with E-state index in [1.165, 1.54) is 56.1 Å². The molecular formula is C16H20N2O2S2. The van der Waals surface area contributed by atoms with Gasteiger partial charge in [-0.1, -0.05) is 43.5 Å². The molecule has 6 heteroatoms. The predicted octanol–water partition coefficient (Wildman–Crippen LogP) is 3.77. The third-order valence-corrected chi connectivity index (χ3v) is 6.60. The first-order chi connectivity index (χ1) is 10.6. The largest absolute Gasteiger partial charge is 0.258 e. The van der Waals surface area contributed by atoms with E-state index >= 15 is 0 Å². The SMILES string of the molecule is CNS(=O)(=O)c1csc(-c2ccc(C3CCCCC3)cc2)n1. The molecule has 22 heavy (non-hydrogen) atoms. The van der Waals surface area contributed by atoms with Gasteiger partial charge in [-0.05, 0) is 31.4 Å². The zero-order valence-electron chi connectivity index (χ0n) is 12.6. The maximum Gasteiger partial charge on any atom is 0.258 e. The molecule has 1 N–H and O–H groups in total. The van der Waals surface area contributed by atoms with E-state index in [4.69, 9.17) is 0 Å². The molecule has 0 spiro atoms. The van der Waals surface area contributed by atoms with Crippen molar-refractivity contribution >= 4 is 21.4 Å². The van der Waals surface area contributed by atoms with E-state index in [9.17, 15) is 8.42 Å². The van der Waals surface area contributed by atoms with Gasteiger partial charge in [-0.2, -0.15) is 0 Å². The van der Waals surface area contributed by atoms with E-state index in [0.717, 1.165) is 10.6 Å². The molecule has 0 amide bonds. The Morgan fingerprint density at radius 1 is 1.14 bits per heavy atom. The highest BCUT2D eigenvalue weighted by Crippen LogP contribution is 2.34. The lowest BCUT2D eigenvalue weighted by Crippen LogP contribution is -2.18. The fourth-order valence-electron chi connectivity index (χ4n) is 2.95. The molecular weight excluding hydrogens is 316 g/mol. The van der Waals surface area contributed by atoms with Crippen LogP contribution < -0.4 is 4.72 Å². The lowest BCUT2D eigenvalue weighted by molar-refractivity contribution is 0.443. The van der Waals surface area contributed by atoms with Crippen LogP contribution in [0, 0.1) is 0 Å². The Morgan fingerprint density at radius 2 is 1.82 bits per heavy atom. The van der Waals surface area contributed by atoms with Crippen LogP contribution in [-0.4, -0.2) is 20.4 Å². The van der Waals surface area contributed by atoms with E-state index in [1.54, 1.807) is 5.38 Å². The Hall–Kier alpha value is -1.24. The van der Waals surface area contributed by atoms with E-state index < -0.39 is 10.0 Å². The van der Waals surface area contributed by atoms with Crippen molar-refractivity contribution < 1.29 is 8.42 Å². The van der Waals surface area contributed by atoms with Crippen LogP contribution in [0.15, 0.2) is 34.7 Å². The normalized spacial score (nSPS) is 16.8. The van der Waals surface area contributed by atoms with Gasteiger partial charge in [0.15, 0.2) is 5.03 Å². The fraction of sp³-hybridized carbons (Fsp3) is 0.438. The Morgan fingerprint density at radius 3 is 2.45 bits per heavy atom. The molecule has 1 aliphatic rings. The highest BCUT2D eigenvalue weighted by molar-refractivity contribution is 7.89. The molecule has 1 aromatic heterocycles. The maximum atomic E-state index is 11.7. The van der Waals surface area contributed by atoms with Gasteiger partial charge in [-0.15, -0.1) is 11.3 Å². The summed E-state index contributed by atoms with van der Waals surface area (Å²) < 4.78 is 25.8. The molecule has 0 unspecified atom stereocenters. The molecule has 0 aliphatic heterocycles. The van der Waals surface area contributed by atoms with Gasteiger partial charge in [0.05, 0.1) is 0 Å². The first-order valence-electron chi connectivity index (χ1n) is 7.59. The zero-order chi connectivity index (χ0) is 15.6. The Balaban J connectivity index is 1.81. The van der Waals surface area contributed by atoms with Crippen LogP contribution in [0.1, 0.15) is 43.6 Å². The predicted molar refractivity (Wildman–Crippen MR) is 89.6 cm³/mol. The van der Waals surface area contributed by atoms with Crippen LogP contribution in [0.3, 0.4) is 0 Å². The van der Waals surface area contributed by atoms with Crippen molar-refractivity contribution in [1.82, 2.24) is 9.71 Å². The first-order valence-corrected chi connectivity index (χ1v) is 9.96. The topological polar surface area (TPSA) is 59.1 Å². The fourth-order valence-corrected chi connectivity index (χ4v) is 4.77. The molecule has 1 aromatic carbocycles. The molecule has 0 atom stereocenters. The van der Waals surface area contributed by atoms with Gasteiger partial charge in [0.2, 0.25) is 0 Å². The zero-order valence-corrected chi connectivity index (χ0v) is 14.2. The summed E-state index contributed by atoms with van der Waals surface area (Å²) in [7, 11) is -2.07.